The van der Waals surface area contributed by atoms with Gasteiger partial charge in [-0.25, -0.2) is 4.98 Å². The maximum Gasteiger partial charge on any atom is 0.0795 e. The first-order valence-electron chi connectivity index (χ1n) is 6.25. The van der Waals surface area contributed by atoms with Crippen molar-refractivity contribution in [3.05, 3.63) is 16.6 Å². The van der Waals surface area contributed by atoms with Crippen LogP contribution in [0.2, 0.25) is 0 Å². The molecular formula is C12H21N3S. The summed E-state index contributed by atoms with van der Waals surface area (Å²) in [6, 6.07) is 0. The summed E-state index contributed by atoms with van der Waals surface area (Å²) in [5.41, 5.74) is 3.06. The monoisotopic (exact) mass is 239 g/mol. The summed E-state index contributed by atoms with van der Waals surface area (Å²) in [4.78, 5) is 6.83. The second-order valence-corrected chi connectivity index (χ2v) is 5.13. The molecule has 1 aliphatic heterocycles. The van der Waals surface area contributed by atoms with Gasteiger partial charge < -0.3 is 10.2 Å². The number of rotatable bonds is 7. The number of thiazole rings is 1. The molecule has 0 atom stereocenters. The summed E-state index contributed by atoms with van der Waals surface area (Å²) in [5.74, 6) is 0. The van der Waals surface area contributed by atoms with E-state index >= 15 is 0 Å². The van der Waals surface area contributed by atoms with E-state index in [0.717, 1.165) is 13.1 Å². The van der Waals surface area contributed by atoms with Crippen LogP contribution in [0.3, 0.4) is 0 Å². The van der Waals surface area contributed by atoms with Gasteiger partial charge in [-0.2, -0.15) is 0 Å². The van der Waals surface area contributed by atoms with Gasteiger partial charge in [-0.1, -0.05) is 0 Å². The molecule has 1 N–H and O–H groups in total. The summed E-state index contributed by atoms with van der Waals surface area (Å²) < 4.78 is 0. The molecule has 1 aromatic rings. The smallest absolute Gasteiger partial charge is 0.0795 e. The van der Waals surface area contributed by atoms with Gasteiger partial charge in [-0.05, 0) is 51.9 Å². The number of aromatic nitrogens is 1. The molecule has 0 saturated carbocycles. The molecule has 0 aromatic carbocycles. The topological polar surface area (TPSA) is 28.2 Å². The Morgan fingerprint density at radius 3 is 2.94 bits per heavy atom. The molecule has 4 heteroatoms. The van der Waals surface area contributed by atoms with Crippen molar-refractivity contribution in [3.63, 3.8) is 0 Å². The van der Waals surface area contributed by atoms with E-state index < -0.39 is 0 Å². The zero-order chi connectivity index (χ0) is 11.1. The number of hydrogen-bond acceptors (Lipinski definition) is 4. The van der Waals surface area contributed by atoms with Crippen molar-refractivity contribution in [1.82, 2.24) is 15.2 Å². The average Bonchev–Trinajstić information content (AvgIpc) is 2.96. The van der Waals surface area contributed by atoms with E-state index in [1.165, 1.54) is 51.0 Å². The number of nitrogens with zero attached hydrogens (tertiary/aromatic N) is 2. The lowest BCUT2D eigenvalue weighted by Crippen LogP contribution is -2.22. The number of hydrogen-bond donors (Lipinski definition) is 1. The normalized spacial score (nSPS) is 17.0. The molecule has 1 saturated heterocycles. The highest BCUT2D eigenvalue weighted by Gasteiger charge is 2.09. The Kier molecular flexibility index (Phi) is 5.25. The number of nitrogens with one attached hydrogen (secondary N) is 1. The predicted octanol–water partition coefficient (Wildman–Crippen LogP) is 2.11. The standard InChI is InChI=1S/C12H21N3S/c1(2-6-15-7-3-4-8-15)5-13-9-12-10-16-11-14-12/h10-11,13H,1-9H2. The summed E-state index contributed by atoms with van der Waals surface area (Å²) in [5, 5.41) is 5.55. The van der Waals surface area contributed by atoms with Crippen LogP contribution < -0.4 is 5.32 Å². The highest BCUT2D eigenvalue weighted by Crippen LogP contribution is 2.08. The van der Waals surface area contributed by atoms with Gasteiger partial charge in [0.1, 0.15) is 0 Å². The van der Waals surface area contributed by atoms with Crippen molar-refractivity contribution in [2.24, 2.45) is 0 Å². The molecule has 2 heterocycles. The third-order valence-corrected chi connectivity index (χ3v) is 3.70. The molecule has 16 heavy (non-hydrogen) atoms. The Morgan fingerprint density at radius 2 is 2.19 bits per heavy atom. The number of unbranched alkanes of at least 4 members (excludes halogenated alkanes) is 1. The molecule has 1 fully saturated rings. The van der Waals surface area contributed by atoms with Crippen molar-refractivity contribution in [2.45, 2.75) is 32.2 Å². The van der Waals surface area contributed by atoms with E-state index in [9.17, 15) is 0 Å². The lowest BCUT2D eigenvalue weighted by Gasteiger charge is -2.13. The van der Waals surface area contributed by atoms with Crippen molar-refractivity contribution in [2.75, 3.05) is 26.2 Å². The molecule has 1 aliphatic rings. The van der Waals surface area contributed by atoms with Crippen molar-refractivity contribution < 1.29 is 0 Å². The molecule has 90 valence electrons. The Bertz CT molecular complexity index is 268. The van der Waals surface area contributed by atoms with Crippen LogP contribution in [0.4, 0.5) is 0 Å². The molecule has 3 nitrogen and oxygen atoms in total. The van der Waals surface area contributed by atoms with Crippen LogP contribution in [0.25, 0.3) is 0 Å². The molecule has 0 spiro atoms. The van der Waals surface area contributed by atoms with E-state index in [-0.39, 0.29) is 0 Å². The van der Waals surface area contributed by atoms with Crippen LogP contribution in [0, 0.1) is 0 Å². The first-order chi connectivity index (χ1) is 7.95. The van der Waals surface area contributed by atoms with E-state index in [1.54, 1.807) is 11.3 Å². The highest BCUT2D eigenvalue weighted by molar-refractivity contribution is 7.07. The van der Waals surface area contributed by atoms with Crippen LogP contribution in [-0.2, 0) is 6.54 Å². The van der Waals surface area contributed by atoms with Crippen LogP contribution in [0.1, 0.15) is 31.4 Å². The summed E-state index contributed by atoms with van der Waals surface area (Å²) >= 11 is 1.67. The molecule has 0 bridgehead atoms. The van der Waals surface area contributed by atoms with Crippen molar-refractivity contribution >= 4 is 11.3 Å². The lowest BCUT2D eigenvalue weighted by atomic mass is 10.3. The van der Waals surface area contributed by atoms with Crippen molar-refractivity contribution in [3.8, 4) is 0 Å². The molecule has 0 amide bonds. The predicted molar refractivity (Wildman–Crippen MR) is 68.7 cm³/mol. The van der Waals surface area contributed by atoms with Gasteiger partial charge >= 0.3 is 0 Å². The summed E-state index contributed by atoms with van der Waals surface area (Å²) in [7, 11) is 0. The fourth-order valence-corrected chi connectivity index (χ4v) is 2.69. The lowest BCUT2D eigenvalue weighted by molar-refractivity contribution is 0.329. The third kappa shape index (κ3) is 4.20. The van der Waals surface area contributed by atoms with Crippen LogP contribution in [0.15, 0.2) is 10.9 Å². The first-order valence-corrected chi connectivity index (χ1v) is 7.19. The van der Waals surface area contributed by atoms with Gasteiger partial charge in [0, 0.05) is 11.9 Å². The first kappa shape index (κ1) is 12.0. The van der Waals surface area contributed by atoms with E-state index in [0.29, 0.717) is 0 Å². The van der Waals surface area contributed by atoms with Gasteiger partial charge in [0.25, 0.3) is 0 Å². The Hall–Kier alpha value is -0.450. The second-order valence-electron chi connectivity index (χ2n) is 4.41. The Balaban J connectivity index is 1.43. The summed E-state index contributed by atoms with van der Waals surface area (Å²) in [6.07, 6.45) is 5.41. The Labute approximate surface area is 102 Å². The fraction of sp³-hybridized carbons (Fsp3) is 0.750. The van der Waals surface area contributed by atoms with Crippen molar-refractivity contribution in [1.29, 1.82) is 0 Å². The zero-order valence-electron chi connectivity index (χ0n) is 9.82. The highest BCUT2D eigenvalue weighted by atomic mass is 32.1. The Morgan fingerprint density at radius 1 is 1.31 bits per heavy atom. The average molecular weight is 239 g/mol. The van der Waals surface area contributed by atoms with Gasteiger partial charge in [0.2, 0.25) is 0 Å². The number of likely N-dealkylation sites (tertiary alicyclic amines) is 1. The van der Waals surface area contributed by atoms with Crippen LogP contribution in [-0.4, -0.2) is 36.1 Å². The maximum atomic E-state index is 4.24. The van der Waals surface area contributed by atoms with Crippen LogP contribution >= 0.6 is 11.3 Å². The SMILES string of the molecule is c1nc(CNCCCCN2CCCC2)cs1. The molecule has 0 unspecified atom stereocenters. The minimum absolute atomic E-state index is 0.924. The molecule has 0 radical (unpaired) electrons. The molecule has 2 rings (SSSR count). The van der Waals surface area contributed by atoms with E-state index in [1.807, 2.05) is 5.51 Å². The van der Waals surface area contributed by atoms with E-state index in [2.05, 4.69) is 20.6 Å². The maximum absolute atomic E-state index is 4.24. The quantitative estimate of drug-likeness (QED) is 0.739. The van der Waals surface area contributed by atoms with Gasteiger partial charge in [0.15, 0.2) is 0 Å². The second kappa shape index (κ2) is 6.99. The van der Waals surface area contributed by atoms with Gasteiger partial charge in [-0.3, -0.25) is 0 Å². The van der Waals surface area contributed by atoms with E-state index in [4.69, 9.17) is 0 Å². The summed E-state index contributed by atoms with van der Waals surface area (Å²) in [6.45, 7) is 5.98. The third-order valence-electron chi connectivity index (χ3n) is 3.07. The molecular weight excluding hydrogens is 218 g/mol. The molecule has 0 aliphatic carbocycles. The van der Waals surface area contributed by atoms with Gasteiger partial charge in [0.05, 0.1) is 11.2 Å². The minimum atomic E-state index is 0.924. The minimum Gasteiger partial charge on any atom is -0.311 e. The van der Waals surface area contributed by atoms with Gasteiger partial charge in [-0.15, -0.1) is 11.3 Å². The largest absolute Gasteiger partial charge is 0.311 e. The fourth-order valence-electron chi connectivity index (χ4n) is 2.13. The van der Waals surface area contributed by atoms with Crippen LogP contribution in [0.5, 0.6) is 0 Å². The zero-order valence-corrected chi connectivity index (χ0v) is 10.6. The molecule has 1 aromatic heterocycles.